The normalized spacial score (nSPS) is 12.5. The van der Waals surface area contributed by atoms with E-state index in [2.05, 4.69) is 15.9 Å². The van der Waals surface area contributed by atoms with Crippen molar-refractivity contribution in [1.82, 2.24) is 0 Å². The quantitative estimate of drug-likeness (QED) is 0.856. The first-order chi connectivity index (χ1) is 8.97. The van der Waals surface area contributed by atoms with Crippen LogP contribution in [0, 0.1) is 11.6 Å². The molecule has 0 bridgehead atoms. The Bertz CT molecular complexity index is 604. The Morgan fingerprint density at radius 2 is 1.74 bits per heavy atom. The van der Waals surface area contributed by atoms with E-state index in [4.69, 9.17) is 11.6 Å². The Morgan fingerprint density at radius 3 is 2.47 bits per heavy atom. The molecule has 0 radical (unpaired) electrons. The van der Waals surface area contributed by atoms with E-state index in [-0.39, 0.29) is 6.42 Å². The molecule has 1 nitrogen and oxygen atoms in total. The van der Waals surface area contributed by atoms with E-state index >= 15 is 0 Å². The molecule has 0 saturated heterocycles. The summed E-state index contributed by atoms with van der Waals surface area (Å²) in [5.41, 5.74) is 0.880. The highest BCUT2D eigenvalue weighted by Gasteiger charge is 2.15. The summed E-state index contributed by atoms with van der Waals surface area (Å²) in [5.74, 6) is -0.868. The highest BCUT2D eigenvalue weighted by Crippen LogP contribution is 2.29. The molecule has 1 unspecified atom stereocenters. The van der Waals surface area contributed by atoms with Gasteiger partial charge in [0, 0.05) is 15.9 Å². The predicted molar refractivity (Wildman–Crippen MR) is 74.2 cm³/mol. The van der Waals surface area contributed by atoms with Crippen LogP contribution < -0.4 is 0 Å². The first-order valence-electron chi connectivity index (χ1n) is 5.54. The van der Waals surface area contributed by atoms with E-state index in [0.29, 0.717) is 20.6 Å². The van der Waals surface area contributed by atoms with Crippen LogP contribution in [0.4, 0.5) is 8.78 Å². The number of benzene rings is 2. The summed E-state index contributed by atoms with van der Waals surface area (Å²) in [5, 5.41) is 10.5. The van der Waals surface area contributed by atoms with Crippen LogP contribution in [0.2, 0.25) is 5.02 Å². The van der Waals surface area contributed by atoms with E-state index in [1.165, 1.54) is 36.4 Å². The summed E-state index contributed by atoms with van der Waals surface area (Å²) in [6.07, 6.45) is -0.858. The maximum atomic E-state index is 13.2. The van der Waals surface area contributed by atoms with Crippen LogP contribution in [0.5, 0.6) is 0 Å². The van der Waals surface area contributed by atoms with Gasteiger partial charge in [-0.05, 0) is 47.5 Å². The van der Waals surface area contributed by atoms with Crippen molar-refractivity contribution in [3.63, 3.8) is 0 Å². The van der Waals surface area contributed by atoms with Gasteiger partial charge in [0.25, 0.3) is 0 Å². The van der Waals surface area contributed by atoms with Crippen LogP contribution in [-0.2, 0) is 6.42 Å². The molecule has 2 aromatic carbocycles. The molecular formula is C14H10BrClF2O. The van der Waals surface area contributed by atoms with Crippen molar-refractivity contribution in [2.45, 2.75) is 12.5 Å². The molecule has 2 aromatic rings. The highest BCUT2D eigenvalue weighted by molar-refractivity contribution is 9.10. The number of aliphatic hydroxyl groups is 1. The summed E-state index contributed by atoms with van der Waals surface area (Å²) >= 11 is 9.18. The molecule has 0 saturated carbocycles. The second kappa shape index (κ2) is 5.99. The molecular weight excluding hydrogens is 338 g/mol. The Morgan fingerprint density at radius 1 is 1.11 bits per heavy atom. The Labute approximate surface area is 123 Å². The number of rotatable bonds is 3. The zero-order valence-electron chi connectivity index (χ0n) is 9.71. The van der Waals surface area contributed by atoms with Gasteiger partial charge < -0.3 is 5.11 Å². The van der Waals surface area contributed by atoms with Crippen LogP contribution >= 0.6 is 27.5 Å². The van der Waals surface area contributed by atoms with Gasteiger partial charge in [0.2, 0.25) is 0 Å². The van der Waals surface area contributed by atoms with Crippen molar-refractivity contribution in [3.05, 3.63) is 68.7 Å². The fourth-order valence-corrected chi connectivity index (χ4v) is 2.49. The average molecular weight is 348 g/mol. The van der Waals surface area contributed by atoms with Crippen molar-refractivity contribution in [2.75, 3.05) is 0 Å². The maximum absolute atomic E-state index is 13.2. The van der Waals surface area contributed by atoms with Gasteiger partial charge in [0.1, 0.15) is 11.6 Å². The van der Waals surface area contributed by atoms with Crippen LogP contribution in [0.25, 0.3) is 0 Å². The van der Waals surface area contributed by atoms with E-state index in [0.717, 1.165) is 0 Å². The molecule has 0 spiro atoms. The van der Waals surface area contributed by atoms with Gasteiger partial charge >= 0.3 is 0 Å². The maximum Gasteiger partial charge on any atom is 0.123 e. The van der Waals surface area contributed by atoms with Gasteiger partial charge in [-0.2, -0.15) is 0 Å². The second-order valence-corrected chi connectivity index (χ2v) is 5.38. The Hall–Kier alpha value is -0.970. The molecule has 0 heterocycles. The number of hydrogen-bond donors (Lipinski definition) is 1. The van der Waals surface area contributed by atoms with Crippen LogP contribution in [0.15, 0.2) is 40.9 Å². The monoisotopic (exact) mass is 346 g/mol. The van der Waals surface area contributed by atoms with Crippen molar-refractivity contribution < 1.29 is 13.9 Å². The lowest BCUT2D eigenvalue weighted by molar-refractivity contribution is 0.177. The first-order valence-corrected chi connectivity index (χ1v) is 6.71. The molecule has 0 amide bonds. The molecule has 2 rings (SSSR count). The molecule has 0 fully saturated rings. The topological polar surface area (TPSA) is 20.2 Å². The van der Waals surface area contributed by atoms with Gasteiger partial charge in [-0.1, -0.05) is 27.5 Å². The summed E-state index contributed by atoms with van der Waals surface area (Å²) in [7, 11) is 0. The van der Waals surface area contributed by atoms with Gasteiger partial charge in [-0.15, -0.1) is 0 Å². The van der Waals surface area contributed by atoms with Gasteiger partial charge in [-0.25, -0.2) is 8.78 Å². The van der Waals surface area contributed by atoms with E-state index < -0.39 is 17.7 Å². The lowest BCUT2D eigenvalue weighted by Gasteiger charge is -2.14. The lowest BCUT2D eigenvalue weighted by atomic mass is 10.0. The first kappa shape index (κ1) is 14.4. The lowest BCUT2D eigenvalue weighted by Crippen LogP contribution is -2.04. The molecule has 0 aliphatic rings. The van der Waals surface area contributed by atoms with E-state index in [9.17, 15) is 13.9 Å². The molecule has 1 atom stereocenters. The average Bonchev–Trinajstić information content (AvgIpc) is 2.36. The van der Waals surface area contributed by atoms with Crippen molar-refractivity contribution in [1.29, 1.82) is 0 Å². The summed E-state index contributed by atoms with van der Waals surface area (Å²) in [6, 6.07) is 7.98. The predicted octanol–water partition coefficient (Wildman–Crippen LogP) is 4.66. The minimum atomic E-state index is -0.968. The fraction of sp³-hybridized carbons (Fsp3) is 0.143. The molecule has 0 aromatic heterocycles. The molecule has 19 heavy (non-hydrogen) atoms. The zero-order chi connectivity index (χ0) is 14.0. The van der Waals surface area contributed by atoms with Crippen molar-refractivity contribution in [2.24, 2.45) is 0 Å². The molecule has 100 valence electrons. The van der Waals surface area contributed by atoms with Crippen LogP contribution in [0.1, 0.15) is 17.2 Å². The van der Waals surface area contributed by atoms with E-state index in [1.54, 1.807) is 0 Å². The van der Waals surface area contributed by atoms with E-state index in [1.807, 2.05) is 0 Å². The molecule has 0 aliphatic heterocycles. The summed E-state index contributed by atoms with van der Waals surface area (Å²) < 4.78 is 26.9. The number of halogens is 4. The Kier molecular flexibility index (Phi) is 4.55. The third-order valence-electron chi connectivity index (χ3n) is 2.74. The van der Waals surface area contributed by atoms with Gasteiger partial charge in [-0.3, -0.25) is 0 Å². The fourth-order valence-electron chi connectivity index (χ4n) is 1.79. The largest absolute Gasteiger partial charge is 0.388 e. The number of hydrogen-bond acceptors (Lipinski definition) is 1. The molecule has 5 heteroatoms. The third kappa shape index (κ3) is 3.53. The third-order valence-corrected chi connectivity index (χ3v) is 3.83. The van der Waals surface area contributed by atoms with Gasteiger partial charge in [0.05, 0.1) is 6.10 Å². The molecule has 1 N–H and O–H groups in total. The van der Waals surface area contributed by atoms with Crippen LogP contribution in [-0.4, -0.2) is 5.11 Å². The number of aliphatic hydroxyl groups excluding tert-OH is 1. The Balaban J connectivity index is 2.27. The second-order valence-electron chi connectivity index (χ2n) is 4.12. The smallest absolute Gasteiger partial charge is 0.123 e. The minimum absolute atomic E-state index is 0.110. The summed E-state index contributed by atoms with van der Waals surface area (Å²) in [4.78, 5) is 0. The summed E-state index contributed by atoms with van der Waals surface area (Å²) in [6.45, 7) is 0. The van der Waals surface area contributed by atoms with Crippen LogP contribution in [0.3, 0.4) is 0 Å². The highest BCUT2D eigenvalue weighted by atomic mass is 79.9. The zero-order valence-corrected chi connectivity index (χ0v) is 12.0. The van der Waals surface area contributed by atoms with Crippen molar-refractivity contribution in [3.8, 4) is 0 Å². The van der Waals surface area contributed by atoms with Crippen molar-refractivity contribution >= 4 is 27.5 Å². The van der Waals surface area contributed by atoms with Gasteiger partial charge in [0.15, 0.2) is 0 Å². The SMILES string of the molecule is OC(Cc1cc(F)ccc1Cl)c1cc(F)ccc1Br. The molecule has 0 aliphatic carbocycles. The minimum Gasteiger partial charge on any atom is -0.388 e. The standard InChI is InChI=1S/C14H10BrClF2O/c15-12-3-1-10(18)7-11(12)14(19)6-8-5-9(17)2-4-13(8)16/h1-5,7,14,19H,6H2.